The van der Waals surface area contributed by atoms with Crippen LogP contribution < -0.4 is 21.3 Å². The summed E-state index contributed by atoms with van der Waals surface area (Å²) in [5.41, 5.74) is 5.06. The van der Waals surface area contributed by atoms with Gasteiger partial charge in [0, 0.05) is 11.6 Å². The molecule has 1 aliphatic carbocycles. The highest BCUT2D eigenvalue weighted by Gasteiger charge is 2.31. The Morgan fingerprint density at radius 3 is 1.96 bits per heavy atom. The fourth-order valence-corrected chi connectivity index (χ4v) is 5.17. The average Bonchev–Trinajstić information content (AvgIpc) is 3.43. The first-order valence-electron chi connectivity index (χ1n) is 15.7. The van der Waals surface area contributed by atoms with Crippen molar-refractivity contribution < 1.29 is 48.1 Å². The van der Waals surface area contributed by atoms with E-state index in [2.05, 4.69) is 37.3 Å². The molecule has 3 aromatic rings. The molecular weight excluding hydrogens is 648 g/mol. The average molecular weight is 687 g/mol. The smallest absolute Gasteiger partial charge is 0.449 e. The molecule has 0 saturated carbocycles. The van der Waals surface area contributed by atoms with Gasteiger partial charge in [-0.1, -0.05) is 73.3 Å². The fraction of sp³-hybridized carbons (Fsp3) is 0.278. The molecule has 3 unspecified atom stereocenters. The van der Waals surface area contributed by atoms with Gasteiger partial charge in [-0.05, 0) is 53.8 Å². The van der Waals surface area contributed by atoms with Gasteiger partial charge >= 0.3 is 18.2 Å². The number of alkyl carbamates (subject to hydrolysis) is 1. The number of anilines is 1. The summed E-state index contributed by atoms with van der Waals surface area (Å²) in [6, 6.07) is 17.9. The van der Waals surface area contributed by atoms with Crippen LogP contribution in [0.4, 0.5) is 15.3 Å². The number of esters is 1. The third-order valence-electron chi connectivity index (χ3n) is 7.75. The number of aliphatic hydroxyl groups is 1. The minimum absolute atomic E-state index is 0.0381. The number of benzene rings is 3. The van der Waals surface area contributed by atoms with Crippen molar-refractivity contribution in [2.45, 2.75) is 50.9 Å². The summed E-state index contributed by atoms with van der Waals surface area (Å²) in [4.78, 5) is 75.9. The van der Waals surface area contributed by atoms with Crippen LogP contribution in [0, 0.1) is 0 Å². The summed E-state index contributed by atoms with van der Waals surface area (Å²) in [6.07, 6.45) is -1.66. The molecule has 3 atom stereocenters. The van der Waals surface area contributed by atoms with Crippen LogP contribution >= 0.6 is 0 Å². The van der Waals surface area contributed by atoms with Gasteiger partial charge in [0.1, 0.15) is 31.3 Å². The van der Waals surface area contributed by atoms with E-state index < -0.39 is 60.5 Å². The predicted molar refractivity (Wildman–Crippen MR) is 180 cm³/mol. The molecule has 50 heavy (non-hydrogen) atoms. The summed E-state index contributed by atoms with van der Waals surface area (Å²) in [5, 5.41) is 19.1. The fourth-order valence-electron chi connectivity index (χ4n) is 5.17. The van der Waals surface area contributed by atoms with E-state index in [1.54, 1.807) is 12.1 Å². The molecule has 0 aromatic heterocycles. The number of rotatable bonds is 14. The van der Waals surface area contributed by atoms with Crippen LogP contribution in [-0.2, 0) is 40.0 Å². The quantitative estimate of drug-likeness (QED) is 0.0953. The molecule has 0 spiro atoms. The summed E-state index contributed by atoms with van der Waals surface area (Å²) in [5.74, 6) is -3.77. The van der Waals surface area contributed by atoms with Gasteiger partial charge in [-0.25, -0.2) is 9.59 Å². The third-order valence-corrected chi connectivity index (χ3v) is 7.75. The second kappa shape index (κ2) is 17.4. The van der Waals surface area contributed by atoms with Crippen molar-refractivity contribution in [2.24, 2.45) is 0 Å². The summed E-state index contributed by atoms with van der Waals surface area (Å²) >= 11 is 0. The largest absolute Gasteiger partial charge is 0.516 e. The number of carbonyl (C=O) groups is 6. The minimum atomic E-state index is -1.55. The molecule has 262 valence electrons. The lowest BCUT2D eigenvalue weighted by Crippen LogP contribution is -2.55. The van der Waals surface area contributed by atoms with Gasteiger partial charge in [0.2, 0.25) is 17.7 Å². The number of nitrogens with one attached hydrogen (secondary N) is 4. The first kappa shape index (κ1) is 36.8. The number of hydrogen-bond acceptors (Lipinski definition) is 10. The molecule has 4 rings (SSSR count). The van der Waals surface area contributed by atoms with Crippen molar-refractivity contribution in [3.8, 4) is 11.1 Å². The Balaban J connectivity index is 1.32. The Hall–Kier alpha value is -6.02. The van der Waals surface area contributed by atoms with Gasteiger partial charge < -0.3 is 40.6 Å². The Morgan fingerprint density at radius 1 is 0.780 bits per heavy atom. The number of amides is 4. The molecule has 0 heterocycles. The maximum Gasteiger partial charge on any atom is 0.516 e. The highest BCUT2D eigenvalue weighted by Crippen LogP contribution is 2.44. The Labute approximate surface area is 288 Å². The number of carbonyl (C=O) groups excluding carboxylic acids is 6. The molecule has 4 amide bonds. The summed E-state index contributed by atoms with van der Waals surface area (Å²) in [7, 11) is 0. The van der Waals surface area contributed by atoms with Crippen LogP contribution in [0.2, 0.25) is 0 Å². The lowest BCUT2D eigenvalue weighted by Gasteiger charge is -2.22. The van der Waals surface area contributed by atoms with E-state index in [1.165, 1.54) is 32.1 Å². The number of ether oxygens (including phenoxy) is 3. The number of aliphatic hydroxyl groups excluding tert-OH is 1. The maximum atomic E-state index is 13.1. The molecule has 0 radical (unpaired) electrons. The van der Waals surface area contributed by atoms with E-state index in [1.807, 2.05) is 48.5 Å². The van der Waals surface area contributed by atoms with Gasteiger partial charge in [0.25, 0.3) is 0 Å². The van der Waals surface area contributed by atoms with Crippen molar-refractivity contribution in [3.05, 3.63) is 102 Å². The first-order chi connectivity index (χ1) is 24.0. The van der Waals surface area contributed by atoms with Crippen molar-refractivity contribution in [2.75, 3.05) is 18.5 Å². The van der Waals surface area contributed by atoms with Crippen LogP contribution in [0.1, 0.15) is 42.9 Å². The standard InChI is InChI=1S/C36H38N4O10/c1-4-17-48-36(47)50-31(42)18-30(34(45)39-24-15-13-23(19-41)14-16-24)40-33(44)21(2)37-32(43)22(3)38-35(46)49-20-29-27-11-7-5-9-25(27)26-10-6-8-12-28(26)29/h4-16,21-22,29-30,41H,1,17-20H2,2-3H3,(H,37,43)(H,38,46)(H,39,45)(H,40,44). The molecular formula is C36H38N4O10. The van der Waals surface area contributed by atoms with Crippen LogP contribution in [-0.4, -0.2) is 72.4 Å². The highest BCUT2D eigenvalue weighted by molar-refractivity contribution is 6.01. The topological polar surface area (TPSA) is 198 Å². The van der Waals surface area contributed by atoms with E-state index in [-0.39, 0.29) is 25.7 Å². The van der Waals surface area contributed by atoms with Gasteiger partial charge in [0.15, 0.2) is 0 Å². The number of fused-ring (bicyclic) bond motifs is 3. The van der Waals surface area contributed by atoms with Crippen LogP contribution in [0.3, 0.4) is 0 Å². The number of hydrogen-bond donors (Lipinski definition) is 5. The second-order valence-corrected chi connectivity index (χ2v) is 11.4. The Morgan fingerprint density at radius 2 is 1.36 bits per heavy atom. The summed E-state index contributed by atoms with van der Waals surface area (Å²) in [6.45, 7) is 5.71. The Bertz CT molecular complexity index is 1700. The molecule has 0 fully saturated rings. The van der Waals surface area contributed by atoms with Crippen molar-refractivity contribution in [1.29, 1.82) is 0 Å². The lowest BCUT2D eigenvalue weighted by molar-refractivity contribution is -0.142. The van der Waals surface area contributed by atoms with E-state index in [9.17, 15) is 33.9 Å². The van der Waals surface area contributed by atoms with Crippen molar-refractivity contribution in [1.82, 2.24) is 16.0 Å². The third kappa shape index (κ3) is 9.76. The zero-order chi connectivity index (χ0) is 36.2. The van der Waals surface area contributed by atoms with E-state index in [4.69, 9.17) is 4.74 Å². The molecule has 0 saturated heterocycles. The molecule has 14 heteroatoms. The molecule has 1 aliphatic rings. The van der Waals surface area contributed by atoms with Crippen molar-refractivity contribution >= 4 is 41.6 Å². The monoisotopic (exact) mass is 686 g/mol. The van der Waals surface area contributed by atoms with Gasteiger partial charge in [-0.2, -0.15) is 0 Å². The molecule has 0 bridgehead atoms. The molecule has 5 N–H and O–H groups in total. The van der Waals surface area contributed by atoms with Gasteiger partial charge in [0.05, 0.1) is 13.0 Å². The maximum absolute atomic E-state index is 13.1. The van der Waals surface area contributed by atoms with Crippen LogP contribution in [0.5, 0.6) is 0 Å². The minimum Gasteiger partial charge on any atom is -0.449 e. The van der Waals surface area contributed by atoms with Gasteiger partial charge in [-0.3, -0.25) is 19.2 Å². The highest BCUT2D eigenvalue weighted by atomic mass is 16.7. The molecule has 0 aliphatic heterocycles. The van der Waals surface area contributed by atoms with E-state index >= 15 is 0 Å². The van der Waals surface area contributed by atoms with Gasteiger partial charge in [-0.15, -0.1) is 0 Å². The zero-order valence-electron chi connectivity index (χ0n) is 27.5. The molecule has 3 aromatic carbocycles. The van der Waals surface area contributed by atoms with E-state index in [0.29, 0.717) is 11.3 Å². The van der Waals surface area contributed by atoms with E-state index in [0.717, 1.165) is 22.3 Å². The van der Waals surface area contributed by atoms with Crippen molar-refractivity contribution in [3.63, 3.8) is 0 Å². The first-order valence-corrected chi connectivity index (χ1v) is 15.7. The van der Waals surface area contributed by atoms with Crippen LogP contribution in [0.25, 0.3) is 11.1 Å². The Kier molecular flexibility index (Phi) is 12.8. The SMILES string of the molecule is C=CCOC(=O)OC(=O)CC(NC(=O)C(C)NC(=O)C(C)NC(=O)OCC1c2ccccc2-c2ccccc21)C(=O)Nc1ccc(CO)cc1. The van der Waals surface area contributed by atoms with Crippen LogP contribution in [0.15, 0.2) is 85.5 Å². The second-order valence-electron chi connectivity index (χ2n) is 11.4. The molecule has 14 nitrogen and oxygen atoms in total. The lowest BCUT2D eigenvalue weighted by atomic mass is 9.98. The zero-order valence-corrected chi connectivity index (χ0v) is 27.5. The summed E-state index contributed by atoms with van der Waals surface area (Å²) < 4.78 is 14.6. The predicted octanol–water partition coefficient (Wildman–Crippen LogP) is 3.29. The normalized spacial score (nSPS) is 13.3.